The number of benzene rings is 2. The number of thioether (sulfide) groups is 1. The zero-order valence-corrected chi connectivity index (χ0v) is 16.6. The summed E-state index contributed by atoms with van der Waals surface area (Å²) in [5, 5.41) is 8.53. The lowest BCUT2D eigenvalue weighted by atomic mass is 9.97. The first-order valence-corrected chi connectivity index (χ1v) is 10.1. The summed E-state index contributed by atoms with van der Waals surface area (Å²) in [6.45, 7) is 2.09. The molecule has 2 heterocycles. The van der Waals surface area contributed by atoms with E-state index in [0.29, 0.717) is 11.1 Å². The number of amides is 1. The highest BCUT2D eigenvalue weighted by molar-refractivity contribution is 7.99. The molecule has 1 amide bonds. The molecule has 0 saturated heterocycles. The van der Waals surface area contributed by atoms with Gasteiger partial charge in [0.05, 0.1) is 12.9 Å². The van der Waals surface area contributed by atoms with Crippen molar-refractivity contribution in [3.8, 4) is 17.2 Å². The number of ether oxygens (including phenoxy) is 1. The number of hydrogen-bond donors (Lipinski definition) is 0. The first kappa shape index (κ1) is 18.6. The number of nitrogens with zero attached hydrogens (tertiary/aromatic N) is 3. The number of methoxy groups -OCH3 is 1. The Morgan fingerprint density at radius 2 is 2.00 bits per heavy atom. The number of aromatic nitrogens is 2. The topological polar surface area (TPSA) is 68.5 Å². The second-order valence-corrected chi connectivity index (χ2v) is 7.60. The van der Waals surface area contributed by atoms with Crippen LogP contribution in [0.2, 0.25) is 0 Å². The number of hydrogen-bond acceptors (Lipinski definition) is 6. The van der Waals surface area contributed by atoms with Gasteiger partial charge in [0.1, 0.15) is 5.75 Å². The zero-order chi connectivity index (χ0) is 19.5. The van der Waals surface area contributed by atoms with Crippen molar-refractivity contribution >= 4 is 23.4 Å². The van der Waals surface area contributed by atoms with Crippen LogP contribution in [0.1, 0.15) is 18.9 Å². The maximum Gasteiger partial charge on any atom is 0.277 e. The molecule has 144 valence electrons. The van der Waals surface area contributed by atoms with Crippen LogP contribution in [0, 0.1) is 0 Å². The molecule has 6 nitrogen and oxygen atoms in total. The van der Waals surface area contributed by atoms with Gasteiger partial charge in [-0.25, -0.2) is 0 Å². The molecule has 0 radical (unpaired) electrons. The van der Waals surface area contributed by atoms with Gasteiger partial charge < -0.3 is 14.1 Å². The number of anilines is 1. The predicted molar refractivity (Wildman–Crippen MR) is 109 cm³/mol. The maximum absolute atomic E-state index is 12.9. The molecule has 0 saturated carbocycles. The van der Waals surface area contributed by atoms with E-state index in [1.807, 2.05) is 47.4 Å². The smallest absolute Gasteiger partial charge is 0.277 e. The largest absolute Gasteiger partial charge is 0.497 e. The van der Waals surface area contributed by atoms with Gasteiger partial charge in [0.2, 0.25) is 11.8 Å². The van der Waals surface area contributed by atoms with Crippen molar-refractivity contribution < 1.29 is 13.9 Å². The molecular formula is C21H21N3O3S. The minimum atomic E-state index is 0.0499. The third kappa shape index (κ3) is 3.75. The van der Waals surface area contributed by atoms with Gasteiger partial charge in [0, 0.05) is 17.3 Å². The molecule has 2 aromatic carbocycles. The maximum atomic E-state index is 12.9. The predicted octanol–water partition coefficient (Wildman–Crippen LogP) is 4.21. The van der Waals surface area contributed by atoms with Gasteiger partial charge in [-0.15, -0.1) is 10.2 Å². The highest BCUT2D eigenvalue weighted by atomic mass is 32.2. The van der Waals surface area contributed by atoms with E-state index >= 15 is 0 Å². The van der Waals surface area contributed by atoms with Crippen molar-refractivity contribution in [3.05, 3.63) is 54.1 Å². The molecule has 1 aliphatic heterocycles. The van der Waals surface area contributed by atoms with Crippen molar-refractivity contribution in [2.24, 2.45) is 0 Å². The first-order valence-electron chi connectivity index (χ1n) is 9.16. The van der Waals surface area contributed by atoms with Crippen molar-refractivity contribution in [1.82, 2.24) is 10.2 Å². The fourth-order valence-electron chi connectivity index (χ4n) is 3.38. The van der Waals surface area contributed by atoms with Crippen LogP contribution in [-0.4, -0.2) is 35.0 Å². The molecule has 7 heteroatoms. The fraction of sp³-hybridized carbons (Fsp3) is 0.286. The standard InChI is InChI=1S/C21H21N3O3S/c1-14-7-8-15-5-3-4-6-18(15)24(14)19(25)13-28-21-23-22-20(27-21)16-9-11-17(26-2)12-10-16/h3-6,9-12,14H,7-8,13H2,1-2H3. The second-order valence-electron chi connectivity index (χ2n) is 6.67. The quantitative estimate of drug-likeness (QED) is 0.603. The average molecular weight is 395 g/mol. The average Bonchev–Trinajstić information content (AvgIpc) is 3.21. The van der Waals surface area contributed by atoms with E-state index in [4.69, 9.17) is 9.15 Å². The Hall–Kier alpha value is -2.80. The zero-order valence-electron chi connectivity index (χ0n) is 15.8. The molecule has 0 spiro atoms. The number of carbonyl (C=O) groups excluding carboxylic acids is 1. The molecule has 28 heavy (non-hydrogen) atoms. The van der Waals surface area contributed by atoms with E-state index in [2.05, 4.69) is 23.2 Å². The van der Waals surface area contributed by atoms with Crippen molar-refractivity contribution in [1.29, 1.82) is 0 Å². The van der Waals surface area contributed by atoms with Crippen LogP contribution < -0.4 is 9.64 Å². The summed E-state index contributed by atoms with van der Waals surface area (Å²) >= 11 is 1.27. The van der Waals surface area contributed by atoms with E-state index < -0.39 is 0 Å². The molecule has 1 aromatic heterocycles. The molecule has 1 unspecified atom stereocenters. The first-order chi connectivity index (χ1) is 13.7. The number of rotatable bonds is 5. The van der Waals surface area contributed by atoms with Gasteiger partial charge in [-0.2, -0.15) is 0 Å². The minimum absolute atomic E-state index is 0.0499. The lowest BCUT2D eigenvalue weighted by molar-refractivity contribution is -0.116. The summed E-state index contributed by atoms with van der Waals surface area (Å²) in [5.74, 6) is 1.49. The SMILES string of the molecule is COc1ccc(-c2nnc(SCC(=O)N3c4ccccc4CCC3C)o2)cc1. The molecule has 3 aromatic rings. The lowest BCUT2D eigenvalue weighted by Crippen LogP contribution is -2.43. The molecule has 0 bridgehead atoms. The molecular weight excluding hydrogens is 374 g/mol. The van der Waals surface area contributed by atoms with Gasteiger partial charge in [0.15, 0.2) is 0 Å². The van der Waals surface area contributed by atoms with E-state index in [9.17, 15) is 4.79 Å². The third-order valence-electron chi connectivity index (χ3n) is 4.85. The minimum Gasteiger partial charge on any atom is -0.497 e. The number of aryl methyl sites for hydroxylation is 1. The third-order valence-corrected chi connectivity index (χ3v) is 5.66. The van der Waals surface area contributed by atoms with Crippen molar-refractivity contribution in [3.63, 3.8) is 0 Å². The molecule has 0 fully saturated rings. The molecule has 1 aliphatic rings. The summed E-state index contributed by atoms with van der Waals surface area (Å²) in [5.41, 5.74) is 3.04. The van der Waals surface area contributed by atoms with Crippen LogP contribution >= 0.6 is 11.8 Å². The normalized spacial score (nSPS) is 15.9. The van der Waals surface area contributed by atoms with Crippen LogP contribution in [0.5, 0.6) is 5.75 Å². The Labute approximate surface area is 167 Å². The van der Waals surface area contributed by atoms with Crippen LogP contribution in [0.15, 0.2) is 58.2 Å². The lowest BCUT2D eigenvalue weighted by Gasteiger charge is -2.35. The molecule has 0 aliphatic carbocycles. The highest BCUT2D eigenvalue weighted by Crippen LogP contribution is 2.32. The van der Waals surface area contributed by atoms with Crippen molar-refractivity contribution in [2.75, 3.05) is 17.8 Å². The number of fused-ring (bicyclic) bond motifs is 1. The molecule has 4 rings (SSSR count). The summed E-state index contributed by atoms with van der Waals surface area (Å²) < 4.78 is 10.9. The Bertz CT molecular complexity index is 971. The van der Waals surface area contributed by atoms with Crippen LogP contribution in [0.3, 0.4) is 0 Å². The Kier molecular flexibility index (Phi) is 5.34. The van der Waals surface area contributed by atoms with Crippen molar-refractivity contribution in [2.45, 2.75) is 31.0 Å². The monoisotopic (exact) mass is 395 g/mol. The number of para-hydroxylation sites is 1. The molecule has 0 N–H and O–H groups in total. The van der Waals surface area contributed by atoms with Gasteiger partial charge >= 0.3 is 0 Å². The summed E-state index contributed by atoms with van der Waals surface area (Å²) in [6, 6.07) is 15.7. The van der Waals surface area contributed by atoms with Crippen LogP contribution in [0.4, 0.5) is 5.69 Å². The van der Waals surface area contributed by atoms with E-state index in [-0.39, 0.29) is 17.7 Å². The van der Waals surface area contributed by atoms with Gasteiger partial charge in [0.25, 0.3) is 5.22 Å². The summed E-state index contributed by atoms with van der Waals surface area (Å²) in [7, 11) is 1.62. The second kappa shape index (κ2) is 8.06. The van der Waals surface area contributed by atoms with Crippen LogP contribution in [0.25, 0.3) is 11.5 Å². The summed E-state index contributed by atoms with van der Waals surface area (Å²) in [6.07, 6.45) is 1.97. The fourth-order valence-corrected chi connectivity index (χ4v) is 4.00. The number of carbonyl (C=O) groups is 1. The Balaban J connectivity index is 1.43. The highest BCUT2D eigenvalue weighted by Gasteiger charge is 2.28. The summed E-state index contributed by atoms with van der Waals surface area (Å²) in [4.78, 5) is 14.8. The van der Waals surface area contributed by atoms with E-state index in [0.717, 1.165) is 29.8 Å². The van der Waals surface area contributed by atoms with Gasteiger partial charge in [-0.1, -0.05) is 30.0 Å². The van der Waals surface area contributed by atoms with Gasteiger partial charge in [-0.3, -0.25) is 4.79 Å². The molecule has 1 atom stereocenters. The Morgan fingerprint density at radius 3 is 2.79 bits per heavy atom. The van der Waals surface area contributed by atoms with E-state index in [1.165, 1.54) is 17.3 Å². The van der Waals surface area contributed by atoms with Gasteiger partial charge in [-0.05, 0) is 55.7 Å². The van der Waals surface area contributed by atoms with E-state index in [1.54, 1.807) is 7.11 Å². The Morgan fingerprint density at radius 1 is 1.21 bits per heavy atom. The van der Waals surface area contributed by atoms with Crippen LogP contribution in [-0.2, 0) is 11.2 Å².